The van der Waals surface area contributed by atoms with Crippen molar-refractivity contribution in [1.29, 1.82) is 0 Å². The van der Waals surface area contributed by atoms with Gasteiger partial charge in [-0.3, -0.25) is 14.3 Å². The molecule has 4 rings (SSSR count). The lowest BCUT2D eigenvalue weighted by Crippen LogP contribution is -2.38. The van der Waals surface area contributed by atoms with Crippen LogP contribution in [0, 0.1) is 0 Å². The summed E-state index contributed by atoms with van der Waals surface area (Å²) in [5.41, 5.74) is 4.82. The van der Waals surface area contributed by atoms with Crippen LogP contribution in [0.2, 0.25) is 0 Å². The first kappa shape index (κ1) is 15.3. The van der Waals surface area contributed by atoms with Crippen molar-refractivity contribution in [3.63, 3.8) is 0 Å². The molecular weight excluding hydrogens is 314 g/mol. The van der Waals surface area contributed by atoms with Gasteiger partial charge >= 0.3 is 0 Å². The van der Waals surface area contributed by atoms with Crippen LogP contribution < -0.4 is 4.90 Å². The zero-order chi connectivity index (χ0) is 17.4. The Morgan fingerprint density at radius 1 is 1.04 bits per heavy atom. The normalized spacial score (nSPS) is 13.9. The third-order valence-corrected chi connectivity index (χ3v) is 4.49. The van der Waals surface area contributed by atoms with E-state index in [9.17, 15) is 9.59 Å². The number of ketones is 1. The van der Waals surface area contributed by atoms with Crippen LogP contribution in [0.4, 0.5) is 5.69 Å². The second-order valence-corrected chi connectivity index (χ2v) is 6.22. The van der Waals surface area contributed by atoms with Crippen molar-refractivity contribution < 1.29 is 9.59 Å². The van der Waals surface area contributed by atoms with E-state index in [-0.39, 0.29) is 12.2 Å². The highest BCUT2D eigenvalue weighted by atomic mass is 16.2. The van der Waals surface area contributed by atoms with E-state index < -0.39 is 5.91 Å². The number of fused-ring (bicyclic) bond motifs is 1. The Hall–Kier alpha value is -3.21. The van der Waals surface area contributed by atoms with E-state index in [0.717, 1.165) is 22.4 Å². The van der Waals surface area contributed by atoms with Gasteiger partial charge in [-0.25, -0.2) is 0 Å². The van der Waals surface area contributed by atoms with Gasteiger partial charge in [0.25, 0.3) is 5.91 Å². The Morgan fingerprint density at radius 3 is 2.64 bits per heavy atom. The molecule has 1 aliphatic rings. The smallest absolute Gasteiger partial charge is 0.294 e. The van der Waals surface area contributed by atoms with E-state index in [1.54, 1.807) is 7.05 Å². The molecule has 0 bridgehead atoms. The van der Waals surface area contributed by atoms with E-state index in [2.05, 4.69) is 17.2 Å². The molecule has 1 amide bonds. The summed E-state index contributed by atoms with van der Waals surface area (Å²) in [6.45, 7) is 0.707. The molecule has 0 spiro atoms. The number of amides is 1. The van der Waals surface area contributed by atoms with Gasteiger partial charge in [0.1, 0.15) is 0 Å². The number of carbonyl (C=O) groups excluding carboxylic acids is 2. The molecule has 0 atom stereocenters. The number of benzene rings is 2. The lowest BCUT2D eigenvalue weighted by atomic mass is 9.97. The van der Waals surface area contributed by atoms with Gasteiger partial charge in [-0.15, -0.1) is 0 Å². The molecule has 0 unspecified atom stereocenters. The molecule has 0 aliphatic carbocycles. The van der Waals surface area contributed by atoms with E-state index in [4.69, 9.17) is 0 Å². The Balaban J connectivity index is 1.63. The molecule has 0 N–H and O–H groups in total. The van der Waals surface area contributed by atoms with E-state index >= 15 is 0 Å². The maximum atomic E-state index is 11.9. The van der Waals surface area contributed by atoms with E-state index in [0.29, 0.717) is 6.54 Å². The summed E-state index contributed by atoms with van der Waals surface area (Å²) in [4.78, 5) is 25.0. The predicted molar refractivity (Wildman–Crippen MR) is 95.3 cm³/mol. The minimum atomic E-state index is -0.454. The molecule has 5 nitrogen and oxygen atoms in total. The van der Waals surface area contributed by atoms with Crippen LogP contribution in [0.15, 0.2) is 60.9 Å². The molecule has 0 fully saturated rings. The first-order valence-corrected chi connectivity index (χ1v) is 8.12. The van der Waals surface area contributed by atoms with Crippen LogP contribution in [0.5, 0.6) is 0 Å². The summed E-state index contributed by atoms with van der Waals surface area (Å²) in [5.74, 6) is -0.817. The highest BCUT2D eigenvalue weighted by Gasteiger charge is 2.28. The fourth-order valence-corrected chi connectivity index (χ4v) is 3.12. The standard InChI is InChI=1S/C20H17N3O2/c1-22-18-9-15(7-8-16(18)10-19(24)20(22)25)17-11-21-23(13-17)12-14-5-3-2-4-6-14/h2-9,11,13H,10,12H2,1H3. The number of likely N-dealkylation sites (N-methyl/N-ethyl adjacent to an activating group) is 1. The van der Waals surface area contributed by atoms with Gasteiger partial charge in [-0.2, -0.15) is 5.10 Å². The van der Waals surface area contributed by atoms with Gasteiger partial charge in [-0.1, -0.05) is 42.5 Å². The summed E-state index contributed by atoms with van der Waals surface area (Å²) in [6.07, 6.45) is 3.98. The van der Waals surface area contributed by atoms with Crippen molar-refractivity contribution in [2.75, 3.05) is 11.9 Å². The summed E-state index contributed by atoms with van der Waals surface area (Å²) in [6, 6.07) is 16.0. The molecule has 0 radical (unpaired) electrons. The van der Waals surface area contributed by atoms with Gasteiger partial charge in [0.2, 0.25) is 5.78 Å². The first-order chi connectivity index (χ1) is 12.1. The van der Waals surface area contributed by atoms with Crippen LogP contribution >= 0.6 is 0 Å². The fraction of sp³-hybridized carbons (Fsp3) is 0.150. The van der Waals surface area contributed by atoms with Crippen molar-refractivity contribution in [3.05, 3.63) is 72.1 Å². The Kier molecular flexibility index (Phi) is 3.69. The average molecular weight is 331 g/mol. The summed E-state index contributed by atoms with van der Waals surface area (Å²) >= 11 is 0. The minimum absolute atomic E-state index is 0.173. The Labute approximate surface area is 145 Å². The monoisotopic (exact) mass is 331 g/mol. The third kappa shape index (κ3) is 2.85. The lowest BCUT2D eigenvalue weighted by molar-refractivity contribution is -0.136. The number of anilines is 1. The molecule has 124 valence electrons. The second kappa shape index (κ2) is 6.02. The summed E-state index contributed by atoms with van der Waals surface area (Å²) < 4.78 is 1.89. The van der Waals surface area contributed by atoms with Crippen LogP contribution in [0.3, 0.4) is 0 Å². The molecule has 0 saturated carbocycles. The van der Waals surface area contributed by atoms with Gasteiger partial charge in [-0.05, 0) is 22.8 Å². The summed E-state index contributed by atoms with van der Waals surface area (Å²) in [7, 11) is 1.64. The number of Topliss-reactive ketones (excluding diaryl/α,β-unsaturated/α-hetero) is 1. The van der Waals surface area contributed by atoms with E-state index in [1.165, 1.54) is 10.5 Å². The maximum Gasteiger partial charge on any atom is 0.294 e. The molecule has 1 aliphatic heterocycles. The quantitative estimate of drug-likeness (QED) is 0.694. The van der Waals surface area contributed by atoms with Crippen molar-refractivity contribution in [2.24, 2.45) is 0 Å². The third-order valence-electron chi connectivity index (χ3n) is 4.49. The average Bonchev–Trinajstić information content (AvgIpc) is 3.09. The van der Waals surface area contributed by atoms with Crippen molar-refractivity contribution in [2.45, 2.75) is 13.0 Å². The van der Waals surface area contributed by atoms with Crippen LogP contribution in [-0.4, -0.2) is 28.5 Å². The fourth-order valence-electron chi connectivity index (χ4n) is 3.12. The van der Waals surface area contributed by atoms with Gasteiger partial charge in [0.15, 0.2) is 0 Å². The molecule has 2 heterocycles. The minimum Gasteiger partial charge on any atom is -0.309 e. The topological polar surface area (TPSA) is 55.2 Å². The molecule has 1 aromatic heterocycles. The maximum absolute atomic E-state index is 11.9. The molecule has 5 heteroatoms. The Bertz CT molecular complexity index is 960. The molecule has 25 heavy (non-hydrogen) atoms. The lowest BCUT2D eigenvalue weighted by Gasteiger charge is -2.25. The number of rotatable bonds is 3. The zero-order valence-corrected chi connectivity index (χ0v) is 13.8. The number of carbonyl (C=O) groups is 2. The largest absolute Gasteiger partial charge is 0.309 e. The van der Waals surface area contributed by atoms with Crippen molar-refractivity contribution in [3.8, 4) is 11.1 Å². The SMILES string of the molecule is CN1C(=O)C(=O)Cc2ccc(-c3cnn(Cc4ccccc4)c3)cc21. The molecule has 0 saturated heterocycles. The van der Waals surface area contributed by atoms with Crippen molar-refractivity contribution >= 4 is 17.4 Å². The summed E-state index contributed by atoms with van der Waals surface area (Å²) in [5, 5.41) is 4.43. The number of hydrogen-bond donors (Lipinski definition) is 0. The van der Waals surface area contributed by atoms with Crippen LogP contribution in [0.1, 0.15) is 11.1 Å². The Morgan fingerprint density at radius 2 is 1.84 bits per heavy atom. The number of hydrogen-bond acceptors (Lipinski definition) is 3. The second-order valence-electron chi connectivity index (χ2n) is 6.22. The van der Waals surface area contributed by atoms with Crippen molar-refractivity contribution in [1.82, 2.24) is 9.78 Å². The number of aromatic nitrogens is 2. The molecule has 3 aromatic rings. The van der Waals surface area contributed by atoms with Gasteiger partial charge in [0.05, 0.1) is 12.7 Å². The van der Waals surface area contributed by atoms with Gasteiger partial charge in [0, 0.05) is 30.9 Å². The molecule has 2 aromatic carbocycles. The van der Waals surface area contributed by atoms with Crippen LogP contribution in [-0.2, 0) is 22.6 Å². The highest BCUT2D eigenvalue weighted by molar-refractivity contribution is 6.43. The van der Waals surface area contributed by atoms with Crippen LogP contribution in [0.25, 0.3) is 11.1 Å². The molecular formula is C20H17N3O2. The van der Waals surface area contributed by atoms with Gasteiger partial charge < -0.3 is 4.90 Å². The van der Waals surface area contributed by atoms with E-state index in [1.807, 2.05) is 53.5 Å². The zero-order valence-electron chi connectivity index (χ0n) is 13.8. The first-order valence-electron chi connectivity index (χ1n) is 8.12. The predicted octanol–water partition coefficient (Wildman–Crippen LogP) is 2.69. The number of nitrogens with zero attached hydrogens (tertiary/aromatic N) is 3. The highest BCUT2D eigenvalue weighted by Crippen LogP contribution is 2.30.